The number of hydrogen-bond donors (Lipinski definition) is 0. The summed E-state index contributed by atoms with van der Waals surface area (Å²) >= 11 is 0. The van der Waals surface area contributed by atoms with Gasteiger partial charge in [-0.25, -0.2) is 4.98 Å². The second kappa shape index (κ2) is 5.61. The first-order valence-corrected chi connectivity index (χ1v) is 7.01. The van der Waals surface area contributed by atoms with Crippen molar-refractivity contribution in [3.05, 3.63) is 54.1 Å². The molecular weight excluding hydrogens is 264 g/mol. The number of anilines is 1. The average Bonchev–Trinajstić information content (AvgIpc) is 2.54. The molecule has 1 atom stereocenters. The van der Waals surface area contributed by atoms with E-state index in [4.69, 9.17) is 0 Å². The van der Waals surface area contributed by atoms with E-state index in [1.165, 1.54) is 11.8 Å². The third-order valence-electron chi connectivity index (χ3n) is 3.86. The van der Waals surface area contributed by atoms with Crippen LogP contribution in [0.4, 0.5) is 5.69 Å². The Kier molecular flexibility index (Phi) is 3.66. The van der Waals surface area contributed by atoms with Crippen molar-refractivity contribution in [2.75, 3.05) is 25.5 Å². The molecule has 0 spiro atoms. The van der Waals surface area contributed by atoms with E-state index < -0.39 is 0 Å². The predicted molar refractivity (Wildman–Crippen MR) is 81.2 cm³/mol. The molecule has 108 valence electrons. The molecule has 5 nitrogen and oxygen atoms in total. The van der Waals surface area contributed by atoms with Gasteiger partial charge in [-0.15, -0.1) is 0 Å². The molecule has 2 aromatic rings. The molecule has 3 rings (SSSR count). The maximum Gasteiger partial charge on any atom is 0.278 e. The molecule has 1 aromatic heterocycles. The number of hydrogen-bond acceptors (Lipinski definition) is 4. The first-order chi connectivity index (χ1) is 10.2. The second-order valence-corrected chi connectivity index (χ2v) is 5.37. The van der Waals surface area contributed by atoms with E-state index in [0.717, 1.165) is 12.1 Å². The summed E-state index contributed by atoms with van der Waals surface area (Å²) in [7, 11) is 4.14. The summed E-state index contributed by atoms with van der Waals surface area (Å²) in [6.07, 6.45) is 5.55. The smallest absolute Gasteiger partial charge is 0.278 e. The number of rotatable bonds is 2. The van der Waals surface area contributed by atoms with E-state index in [-0.39, 0.29) is 5.91 Å². The normalized spacial score (nSPS) is 17.7. The van der Waals surface area contributed by atoms with E-state index in [2.05, 4.69) is 35.0 Å². The number of amides is 1. The molecule has 2 heterocycles. The molecule has 0 bridgehead atoms. The van der Waals surface area contributed by atoms with Gasteiger partial charge in [0.1, 0.15) is 5.69 Å². The number of aromatic nitrogens is 2. The van der Waals surface area contributed by atoms with E-state index in [9.17, 15) is 4.79 Å². The zero-order chi connectivity index (χ0) is 14.8. The standard InChI is InChI=1S/C16H18N4O/c1-19(2)14-7-10-20(15-6-4-3-5-12(14)15)16(21)13-11-17-8-9-18-13/h3-6,8-9,11,14H,7,10H2,1-2H3. The molecule has 1 aromatic carbocycles. The van der Waals surface area contributed by atoms with Crippen molar-refractivity contribution in [3.63, 3.8) is 0 Å². The fourth-order valence-corrected chi connectivity index (χ4v) is 2.84. The van der Waals surface area contributed by atoms with Crippen molar-refractivity contribution in [3.8, 4) is 0 Å². The number of nitrogens with zero attached hydrogens (tertiary/aromatic N) is 4. The van der Waals surface area contributed by atoms with Crippen molar-refractivity contribution in [1.29, 1.82) is 0 Å². The van der Waals surface area contributed by atoms with Gasteiger partial charge in [0.05, 0.1) is 6.20 Å². The Balaban J connectivity index is 1.98. The SMILES string of the molecule is CN(C)C1CCN(C(=O)c2cnccn2)c2ccccc21. The van der Waals surface area contributed by atoms with Crippen molar-refractivity contribution >= 4 is 11.6 Å². The Morgan fingerprint density at radius 2 is 2.10 bits per heavy atom. The van der Waals surface area contributed by atoms with Gasteiger partial charge >= 0.3 is 0 Å². The van der Waals surface area contributed by atoms with Crippen LogP contribution in [0.25, 0.3) is 0 Å². The predicted octanol–water partition coefficient (Wildman–Crippen LogP) is 2.13. The Morgan fingerprint density at radius 3 is 2.81 bits per heavy atom. The highest BCUT2D eigenvalue weighted by Crippen LogP contribution is 2.36. The molecule has 0 N–H and O–H groups in total. The summed E-state index contributed by atoms with van der Waals surface area (Å²) in [6.45, 7) is 0.690. The summed E-state index contributed by atoms with van der Waals surface area (Å²) in [6, 6.07) is 8.42. The lowest BCUT2D eigenvalue weighted by molar-refractivity contribution is 0.0975. The first kappa shape index (κ1) is 13.7. The Labute approximate surface area is 124 Å². The molecule has 1 amide bonds. The maximum absolute atomic E-state index is 12.6. The van der Waals surface area contributed by atoms with Crippen LogP contribution in [0.1, 0.15) is 28.5 Å². The second-order valence-electron chi connectivity index (χ2n) is 5.37. The average molecular weight is 282 g/mol. The zero-order valence-corrected chi connectivity index (χ0v) is 12.2. The molecule has 0 radical (unpaired) electrons. The van der Waals surface area contributed by atoms with Gasteiger partial charge in [-0.05, 0) is 32.1 Å². The fourth-order valence-electron chi connectivity index (χ4n) is 2.84. The van der Waals surface area contributed by atoms with Crippen LogP contribution in [-0.4, -0.2) is 41.4 Å². The lowest BCUT2D eigenvalue weighted by Crippen LogP contribution is -2.39. The van der Waals surface area contributed by atoms with Crippen molar-refractivity contribution < 1.29 is 4.79 Å². The number of carbonyl (C=O) groups is 1. The highest BCUT2D eigenvalue weighted by atomic mass is 16.2. The Hall–Kier alpha value is -2.27. The molecule has 1 aliphatic rings. The summed E-state index contributed by atoms with van der Waals surface area (Å²) < 4.78 is 0. The zero-order valence-electron chi connectivity index (χ0n) is 12.2. The van der Waals surface area contributed by atoms with Crippen LogP contribution in [0.5, 0.6) is 0 Å². The summed E-state index contributed by atoms with van der Waals surface area (Å²) in [5, 5.41) is 0. The largest absolute Gasteiger partial charge is 0.307 e. The van der Waals surface area contributed by atoms with Gasteiger partial charge in [0.2, 0.25) is 0 Å². The van der Waals surface area contributed by atoms with Crippen molar-refractivity contribution in [2.24, 2.45) is 0 Å². The van der Waals surface area contributed by atoms with Crippen molar-refractivity contribution in [2.45, 2.75) is 12.5 Å². The molecule has 0 saturated heterocycles. The van der Waals surface area contributed by atoms with Gasteiger partial charge in [0.25, 0.3) is 5.91 Å². The molecular formula is C16H18N4O. The van der Waals surface area contributed by atoms with Crippen LogP contribution < -0.4 is 4.90 Å². The van der Waals surface area contributed by atoms with E-state index in [0.29, 0.717) is 18.3 Å². The number of carbonyl (C=O) groups excluding carboxylic acids is 1. The molecule has 5 heteroatoms. The van der Waals surface area contributed by atoms with Gasteiger partial charge < -0.3 is 9.80 Å². The molecule has 0 aliphatic carbocycles. The van der Waals surface area contributed by atoms with E-state index >= 15 is 0 Å². The van der Waals surface area contributed by atoms with Gasteiger partial charge in [-0.3, -0.25) is 9.78 Å². The monoisotopic (exact) mass is 282 g/mol. The van der Waals surface area contributed by atoms with E-state index in [1.54, 1.807) is 17.3 Å². The minimum atomic E-state index is -0.0900. The topological polar surface area (TPSA) is 49.3 Å². The number of fused-ring (bicyclic) bond motifs is 1. The molecule has 1 aliphatic heterocycles. The van der Waals surface area contributed by atoms with Gasteiger partial charge in [-0.1, -0.05) is 18.2 Å². The van der Waals surface area contributed by atoms with Gasteiger partial charge in [0.15, 0.2) is 0 Å². The Bertz CT molecular complexity index is 642. The van der Waals surface area contributed by atoms with E-state index in [1.807, 2.05) is 18.2 Å². The highest BCUT2D eigenvalue weighted by Gasteiger charge is 2.30. The molecule has 1 unspecified atom stereocenters. The quantitative estimate of drug-likeness (QED) is 0.846. The van der Waals surface area contributed by atoms with Crippen LogP contribution in [-0.2, 0) is 0 Å². The Morgan fingerprint density at radius 1 is 1.29 bits per heavy atom. The summed E-state index contributed by atoms with van der Waals surface area (Å²) in [5.74, 6) is -0.0900. The molecule has 0 saturated carbocycles. The number of benzene rings is 1. The summed E-state index contributed by atoms with van der Waals surface area (Å²) in [4.78, 5) is 24.7. The fraction of sp³-hybridized carbons (Fsp3) is 0.312. The lowest BCUT2D eigenvalue weighted by Gasteiger charge is -2.37. The molecule has 21 heavy (non-hydrogen) atoms. The maximum atomic E-state index is 12.6. The van der Waals surface area contributed by atoms with Gasteiger partial charge in [-0.2, -0.15) is 0 Å². The van der Waals surface area contributed by atoms with Crippen LogP contribution >= 0.6 is 0 Å². The van der Waals surface area contributed by atoms with Gasteiger partial charge in [0, 0.05) is 30.7 Å². The van der Waals surface area contributed by atoms with Crippen LogP contribution in [0.3, 0.4) is 0 Å². The van der Waals surface area contributed by atoms with Crippen LogP contribution in [0.15, 0.2) is 42.9 Å². The minimum Gasteiger partial charge on any atom is -0.307 e. The third-order valence-corrected chi connectivity index (χ3v) is 3.86. The van der Waals surface area contributed by atoms with Crippen molar-refractivity contribution in [1.82, 2.24) is 14.9 Å². The molecule has 0 fully saturated rings. The third kappa shape index (κ3) is 2.52. The summed E-state index contributed by atoms with van der Waals surface area (Å²) in [5.41, 5.74) is 2.54. The first-order valence-electron chi connectivity index (χ1n) is 7.01. The van der Waals surface area contributed by atoms with Crippen LogP contribution in [0, 0.1) is 0 Å². The number of para-hydroxylation sites is 1. The highest BCUT2D eigenvalue weighted by molar-refractivity contribution is 6.05. The lowest BCUT2D eigenvalue weighted by atomic mass is 9.95. The van der Waals surface area contributed by atoms with Crippen LogP contribution in [0.2, 0.25) is 0 Å². The minimum absolute atomic E-state index is 0.0900.